The number of nitrogens with zero attached hydrogens (tertiary/aromatic N) is 7. The fourth-order valence-corrected chi connectivity index (χ4v) is 12.2. The standard InChI is InChI=1S/C68H137N15O7S/c1-84-65-60-67(85-2)66(68(61-65)86-3)62-91-59-58-89-55-54-87-52-53-88-56-57-90-64-20-18-63(19-21-64)22-51-83(49-16-47-81(43-12-39-77(31-4-23-69)32-5-24-70)44-13-40-78(33-6-25-71)34-7-26-72)50-17-48-82(45-14-41-79(35-8-27-73)36-9-28-74)46-15-42-80(37-10-29-75)38-11-30-76/h18-21,60-61H,4-17,22-59,62,69-76H2,1-3H3. The van der Waals surface area contributed by atoms with Crippen LogP contribution in [0.4, 0.5) is 0 Å². The number of hydrogen-bond acceptors (Lipinski definition) is 23. The first kappa shape index (κ1) is 84.4. The molecule has 0 aliphatic rings. The summed E-state index contributed by atoms with van der Waals surface area (Å²) in [6.07, 6.45) is 15.9. The Labute approximate surface area is 558 Å². The highest BCUT2D eigenvalue weighted by Gasteiger charge is 2.17. The first-order chi connectivity index (χ1) is 44.7. The van der Waals surface area contributed by atoms with Crippen LogP contribution in [0.1, 0.15) is 101 Å². The van der Waals surface area contributed by atoms with Crippen molar-refractivity contribution in [1.29, 1.82) is 0 Å². The Morgan fingerprint density at radius 3 is 0.868 bits per heavy atom. The minimum atomic E-state index is 0.472. The minimum Gasteiger partial charge on any atom is -0.496 e. The second-order valence-corrected chi connectivity index (χ2v) is 24.9. The molecule has 22 nitrogen and oxygen atoms in total. The van der Waals surface area contributed by atoms with Gasteiger partial charge in [0.25, 0.3) is 0 Å². The Morgan fingerprint density at radius 2 is 0.582 bits per heavy atom. The second kappa shape index (κ2) is 60.9. The van der Waals surface area contributed by atoms with Crippen LogP contribution < -0.4 is 64.8 Å². The van der Waals surface area contributed by atoms with Gasteiger partial charge >= 0.3 is 0 Å². The van der Waals surface area contributed by atoms with Crippen LogP contribution in [0.3, 0.4) is 0 Å². The average molecular weight is 1310 g/mol. The van der Waals surface area contributed by atoms with E-state index in [2.05, 4.69) is 58.6 Å². The van der Waals surface area contributed by atoms with Crippen LogP contribution in [-0.4, -0.2) is 297 Å². The molecule has 0 heterocycles. The van der Waals surface area contributed by atoms with E-state index in [1.165, 1.54) is 5.56 Å². The molecule has 0 fully saturated rings. The van der Waals surface area contributed by atoms with E-state index < -0.39 is 0 Å². The third kappa shape index (κ3) is 44.6. The van der Waals surface area contributed by atoms with E-state index in [-0.39, 0.29) is 0 Å². The van der Waals surface area contributed by atoms with Gasteiger partial charge in [-0.25, -0.2) is 0 Å². The monoisotopic (exact) mass is 1310 g/mol. The Bertz CT molecular complexity index is 1730. The number of rotatable bonds is 69. The number of nitrogens with two attached hydrogens (primary N) is 8. The highest BCUT2D eigenvalue weighted by atomic mass is 32.2. The van der Waals surface area contributed by atoms with Gasteiger partial charge in [-0.3, -0.25) is 0 Å². The van der Waals surface area contributed by atoms with Crippen molar-refractivity contribution in [2.75, 3.05) is 263 Å². The van der Waals surface area contributed by atoms with Crippen molar-refractivity contribution in [3.05, 3.63) is 47.5 Å². The van der Waals surface area contributed by atoms with E-state index in [4.69, 9.17) is 79.0 Å². The molecule has 0 aromatic heterocycles. The van der Waals surface area contributed by atoms with Gasteiger partial charge in [-0.05, 0) is 297 Å². The summed E-state index contributed by atoms with van der Waals surface area (Å²) in [5.74, 6) is 4.64. The van der Waals surface area contributed by atoms with E-state index in [1.807, 2.05) is 12.1 Å². The number of methoxy groups -OCH3 is 3. The van der Waals surface area contributed by atoms with E-state index >= 15 is 0 Å². The summed E-state index contributed by atoms with van der Waals surface area (Å²) in [5, 5.41) is 0. The van der Waals surface area contributed by atoms with Crippen molar-refractivity contribution in [3.8, 4) is 23.0 Å². The molecule has 0 aliphatic heterocycles. The fraction of sp³-hybridized carbons (Fsp3) is 0.824. The zero-order chi connectivity index (χ0) is 65.9. The van der Waals surface area contributed by atoms with E-state index in [1.54, 1.807) is 33.1 Å². The summed E-state index contributed by atoms with van der Waals surface area (Å²) in [4.78, 5) is 18.5. The molecule has 0 amide bonds. The Kier molecular flexibility index (Phi) is 56.5. The molecule has 91 heavy (non-hydrogen) atoms. The predicted molar refractivity (Wildman–Crippen MR) is 383 cm³/mol. The lowest BCUT2D eigenvalue weighted by Gasteiger charge is -2.30. The SMILES string of the molecule is COc1cc(OC)c(CSCCOCCOCCOCCOc2ccc(CCN(CCCN(CCCN(CCCN)CCCN)CCCN(CCCN)CCCN)CCCN(CCCN(CCCN)CCCN)CCCN(CCCN)CCCN)cc2)c(OC)c1. The van der Waals surface area contributed by atoms with Crippen LogP contribution in [-0.2, 0) is 26.4 Å². The molecule has 2 rings (SSSR count). The van der Waals surface area contributed by atoms with Crippen molar-refractivity contribution in [3.63, 3.8) is 0 Å². The molecule has 0 spiro atoms. The molecule has 532 valence electrons. The largest absolute Gasteiger partial charge is 0.496 e. The average Bonchev–Trinajstić information content (AvgIpc) is 3.75. The van der Waals surface area contributed by atoms with Crippen LogP contribution in [0.25, 0.3) is 0 Å². The van der Waals surface area contributed by atoms with Crippen molar-refractivity contribution in [2.45, 2.75) is 102 Å². The number of hydrogen-bond donors (Lipinski definition) is 8. The molecule has 0 radical (unpaired) electrons. The van der Waals surface area contributed by atoms with Crippen molar-refractivity contribution in [1.82, 2.24) is 34.3 Å². The molecule has 2 aromatic carbocycles. The van der Waals surface area contributed by atoms with Gasteiger partial charge in [-0.2, -0.15) is 11.8 Å². The Balaban J connectivity index is 2.09. The van der Waals surface area contributed by atoms with Gasteiger partial charge in [0.15, 0.2) is 0 Å². The lowest BCUT2D eigenvalue weighted by Crippen LogP contribution is -2.38. The van der Waals surface area contributed by atoms with Crippen molar-refractivity contribution >= 4 is 11.8 Å². The third-order valence-electron chi connectivity index (χ3n) is 16.4. The maximum Gasteiger partial charge on any atom is 0.130 e. The molecule has 0 saturated carbocycles. The fourth-order valence-electron chi connectivity index (χ4n) is 11.3. The van der Waals surface area contributed by atoms with Gasteiger partial charge in [0, 0.05) is 35.7 Å². The first-order valence-electron chi connectivity index (χ1n) is 35.2. The second-order valence-electron chi connectivity index (χ2n) is 23.8. The topological polar surface area (TPSA) is 295 Å². The van der Waals surface area contributed by atoms with Crippen molar-refractivity contribution in [2.24, 2.45) is 45.9 Å². The van der Waals surface area contributed by atoms with Crippen molar-refractivity contribution < 1.29 is 33.2 Å². The number of benzene rings is 2. The minimum absolute atomic E-state index is 0.472. The molecular weight excluding hydrogens is 1170 g/mol. The maximum absolute atomic E-state index is 6.12. The summed E-state index contributed by atoms with van der Waals surface area (Å²) in [6, 6.07) is 12.4. The van der Waals surface area contributed by atoms with Gasteiger partial charge in [-0.1, -0.05) is 12.1 Å². The summed E-state index contributed by atoms with van der Waals surface area (Å²) in [7, 11) is 4.95. The maximum atomic E-state index is 6.12. The predicted octanol–water partition coefficient (Wildman–Crippen LogP) is 3.86. The molecule has 23 heteroatoms. The zero-order valence-corrected chi connectivity index (χ0v) is 58.8. The molecular formula is C68H137N15O7S. The number of ether oxygens (including phenoxy) is 7. The van der Waals surface area contributed by atoms with E-state index in [0.717, 1.165) is 268 Å². The van der Waals surface area contributed by atoms with Crippen LogP contribution in [0.5, 0.6) is 23.0 Å². The van der Waals surface area contributed by atoms with Crippen LogP contribution >= 0.6 is 11.8 Å². The van der Waals surface area contributed by atoms with E-state index in [9.17, 15) is 0 Å². The normalized spacial score (nSPS) is 12.0. The zero-order valence-electron chi connectivity index (χ0n) is 58.0. The molecule has 0 saturated heterocycles. The summed E-state index contributed by atoms with van der Waals surface area (Å²) in [6.45, 7) is 31.6. The molecule has 0 unspecified atom stereocenters. The lowest BCUT2D eigenvalue weighted by atomic mass is 10.1. The van der Waals surface area contributed by atoms with Crippen LogP contribution in [0, 0.1) is 0 Å². The van der Waals surface area contributed by atoms with Gasteiger partial charge in [-0.15, -0.1) is 0 Å². The van der Waals surface area contributed by atoms with Crippen LogP contribution in [0.2, 0.25) is 0 Å². The number of thioether (sulfide) groups is 1. The van der Waals surface area contributed by atoms with Gasteiger partial charge in [0.1, 0.15) is 29.6 Å². The third-order valence-corrected chi connectivity index (χ3v) is 17.4. The highest BCUT2D eigenvalue weighted by molar-refractivity contribution is 7.98. The van der Waals surface area contributed by atoms with E-state index in [0.29, 0.717) is 104 Å². The molecule has 0 bridgehead atoms. The summed E-state index contributed by atoms with van der Waals surface area (Å²) >= 11 is 1.76. The Morgan fingerprint density at radius 1 is 0.308 bits per heavy atom. The van der Waals surface area contributed by atoms with Crippen LogP contribution in [0.15, 0.2) is 36.4 Å². The van der Waals surface area contributed by atoms with Gasteiger partial charge in [0.2, 0.25) is 0 Å². The first-order valence-corrected chi connectivity index (χ1v) is 36.4. The molecule has 0 aliphatic carbocycles. The molecule has 0 atom stereocenters. The smallest absolute Gasteiger partial charge is 0.130 e. The summed E-state index contributed by atoms with van der Waals surface area (Å²) < 4.78 is 40.1. The molecule has 2 aromatic rings. The summed E-state index contributed by atoms with van der Waals surface area (Å²) in [5.41, 5.74) is 50.1. The molecule has 16 N–H and O–H groups in total. The Hall–Kier alpha value is -2.73. The van der Waals surface area contributed by atoms with Gasteiger partial charge in [0.05, 0.1) is 61.0 Å². The highest BCUT2D eigenvalue weighted by Crippen LogP contribution is 2.36. The quantitative estimate of drug-likeness (QED) is 0.0436. The lowest BCUT2D eigenvalue weighted by molar-refractivity contribution is 0.0118. The van der Waals surface area contributed by atoms with Gasteiger partial charge < -0.3 is 113 Å².